The number of aryl methyl sites for hydroxylation is 3. The Balaban J connectivity index is 1.10. The molecule has 12 rings (SSSR count). The monoisotopic (exact) mass is 784 g/mol. The van der Waals surface area contributed by atoms with E-state index in [4.69, 9.17) is 4.74 Å². The summed E-state index contributed by atoms with van der Waals surface area (Å²) in [5, 5.41) is 15.0. The number of ether oxygens (including phenoxy) is 1. The first-order valence-electron chi connectivity index (χ1n) is 21.5. The molecule has 3 heteroatoms. The molecule has 0 aliphatic rings. The fourth-order valence-corrected chi connectivity index (χ4v) is 10.4. The summed E-state index contributed by atoms with van der Waals surface area (Å²) in [6.07, 6.45) is 0.914. The number of aromatic nitrogens is 2. The number of para-hydroxylation sites is 1. The average Bonchev–Trinajstić information content (AvgIpc) is 3.80. The van der Waals surface area contributed by atoms with Crippen LogP contribution in [0.3, 0.4) is 0 Å². The highest BCUT2D eigenvalue weighted by atomic mass is 16.5. The smallest absolute Gasteiger partial charge is 0.138 e. The van der Waals surface area contributed by atoms with E-state index in [0.717, 1.165) is 40.8 Å². The minimum atomic E-state index is 0.184. The highest BCUT2D eigenvalue weighted by Crippen LogP contribution is 2.47. The summed E-state index contributed by atoms with van der Waals surface area (Å²) in [6.45, 7) is 5.36. The second kappa shape index (κ2) is 13.9. The summed E-state index contributed by atoms with van der Waals surface area (Å²) in [7, 11) is 2.24. The summed E-state index contributed by atoms with van der Waals surface area (Å²) in [5.74, 6) is 2.06. The van der Waals surface area contributed by atoms with E-state index in [2.05, 4.69) is 212 Å². The third-order valence-corrected chi connectivity index (χ3v) is 13.5. The maximum absolute atomic E-state index is 7.22. The van der Waals surface area contributed by atoms with Crippen molar-refractivity contribution < 1.29 is 4.74 Å². The molecule has 0 bridgehead atoms. The van der Waals surface area contributed by atoms with Gasteiger partial charge in [0.1, 0.15) is 11.5 Å². The van der Waals surface area contributed by atoms with Gasteiger partial charge in [-0.15, -0.1) is 0 Å². The molecule has 0 amide bonds. The van der Waals surface area contributed by atoms with Crippen molar-refractivity contribution in [2.24, 2.45) is 7.05 Å². The van der Waals surface area contributed by atoms with Crippen LogP contribution in [0.15, 0.2) is 182 Å². The zero-order chi connectivity index (χ0) is 40.8. The van der Waals surface area contributed by atoms with Gasteiger partial charge in [0.2, 0.25) is 0 Å². The molecule has 1 atom stereocenters. The molecule has 2 aromatic heterocycles. The summed E-state index contributed by atoms with van der Waals surface area (Å²) < 4.78 is 12.3. The van der Waals surface area contributed by atoms with E-state index in [0.29, 0.717) is 0 Å². The zero-order valence-electron chi connectivity index (χ0n) is 34.6. The molecule has 0 aliphatic carbocycles. The minimum Gasteiger partial charge on any atom is -0.455 e. The van der Waals surface area contributed by atoms with Crippen molar-refractivity contribution in [1.29, 1.82) is 0 Å². The highest BCUT2D eigenvalue weighted by Gasteiger charge is 2.24. The van der Waals surface area contributed by atoms with Gasteiger partial charge < -0.3 is 13.9 Å². The first kappa shape index (κ1) is 35.6. The fourth-order valence-electron chi connectivity index (χ4n) is 10.4. The van der Waals surface area contributed by atoms with Crippen LogP contribution >= 0.6 is 0 Å². The molecule has 1 unspecified atom stereocenters. The molecule has 0 N–H and O–H groups in total. The van der Waals surface area contributed by atoms with E-state index in [1.807, 2.05) is 0 Å². The summed E-state index contributed by atoms with van der Waals surface area (Å²) in [5.41, 5.74) is 9.90. The van der Waals surface area contributed by atoms with E-state index < -0.39 is 0 Å². The molecule has 0 spiro atoms. The molecule has 0 saturated carbocycles. The maximum Gasteiger partial charge on any atom is 0.138 e. The summed E-state index contributed by atoms with van der Waals surface area (Å²) in [4.78, 5) is 0. The molecule has 0 radical (unpaired) electrons. The lowest BCUT2D eigenvalue weighted by molar-refractivity contribution is 0.473. The molecular formula is C58H44N2O. The van der Waals surface area contributed by atoms with Gasteiger partial charge in [-0.2, -0.15) is 0 Å². The van der Waals surface area contributed by atoms with Crippen LogP contribution in [0.5, 0.6) is 11.5 Å². The lowest BCUT2D eigenvalue weighted by atomic mass is 9.93. The molecular weight excluding hydrogens is 741 g/mol. The van der Waals surface area contributed by atoms with E-state index in [9.17, 15) is 0 Å². The lowest BCUT2D eigenvalue weighted by Gasteiger charge is -2.22. The Morgan fingerprint density at radius 2 is 1.07 bits per heavy atom. The van der Waals surface area contributed by atoms with Crippen molar-refractivity contribution in [2.45, 2.75) is 32.7 Å². The highest BCUT2D eigenvalue weighted by molar-refractivity contribution is 6.37. The van der Waals surface area contributed by atoms with Crippen molar-refractivity contribution in [3.63, 3.8) is 0 Å². The first-order valence-corrected chi connectivity index (χ1v) is 21.5. The van der Waals surface area contributed by atoms with Gasteiger partial charge >= 0.3 is 0 Å². The van der Waals surface area contributed by atoms with Gasteiger partial charge in [-0.25, -0.2) is 0 Å². The van der Waals surface area contributed by atoms with Gasteiger partial charge in [0.25, 0.3) is 0 Å². The van der Waals surface area contributed by atoms with Crippen LogP contribution in [0.4, 0.5) is 0 Å². The predicted molar refractivity (Wildman–Crippen MR) is 260 cm³/mol. The molecule has 0 aliphatic heterocycles. The van der Waals surface area contributed by atoms with Crippen molar-refractivity contribution in [1.82, 2.24) is 9.13 Å². The minimum absolute atomic E-state index is 0.184. The molecule has 61 heavy (non-hydrogen) atoms. The lowest BCUT2D eigenvalue weighted by Crippen LogP contribution is -2.05. The maximum atomic E-state index is 7.22. The van der Waals surface area contributed by atoms with Crippen LogP contribution in [0.25, 0.3) is 97.8 Å². The topological polar surface area (TPSA) is 19.1 Å². The normalized spacial score (nSPS) is 12.6. The van der Waals surface area contributed by atoms with Crippen LogP contribution < -0.4 is 4.74 Å². The largest absolute Gasteiger partial charge is 0.455 e. The number of nitrogens with zero attached hydrogens (tertiary/aromatic N) is 2. The Morgan fingerprint density at radius 3 is 1.85 bits per heavy atom. The average molecular weight is 785 g/mol. The third kappa shape index (κ3) is 5.43. The van der Waals surface area contributed by atoms with E-state index in [1.54, 1.807) is 0 Å². The van der Waals surface area contributed by atoms with Crippen LogP contribution in [0, 0.1) is 6.92 Å². The van der Waals surface area contributed by atoms with E-state index >= 15 is 0 Å². The second-order valence-corrected chi connectivity index (χ2v) is 16.9. The van der Waals surface area contributed by atoms with Crippen LogP contribution in [0.1, 0.15) is 30.4 Å². The van der Waals surface area contributed by atoms with Crippen molar-refractivity contribution >= 4 is 86.7 Å². The number of hydrogen-bond acceptors (Lipinski definition) is 1. The van der Waals surface area contributed by atoms with Crippen molar-refractivity contribution in [2.75, 3.05) is 0 Å². The van der Waals surface area contributed by atoms with E-state index in [1.165, 1.54) is 92.6 Å². The molecule has 3 nitrogen and oxygen atoms in total. The molecule has 2 heterocycles. The van der Waals surface area contributed by atoms with Gasteiger partial charge in [-0.05, 0) is 80.6 Å². The Bertz CT molecular complexity index is 3720. The molecule has 12 aromatic rings. The zero-order valence-corrected chi connectivity index (χ0v) is 34.6. The molecule has 0 saturated heterocycles. The van der Waals surface area contributed by atoms with Crippen molar-refractivity contribution in [3.8, 4) is 22.6 Å². The SMILES string of the molecule is Cc1ccc2ccccc2c1Oc1c(C(C)CCn2c3cc(-c4ccccc4)ccc3c3c4ccccc4c4ccc5c6ccccc6n(C)c5c4c32)ccc2ccccc12. The number of rotatable bonds is 7. The fraction of sp³-hybridized carbons (Fsp3) is 0.103. The first-order chi connectivity index (χ1) is 30.0. The predicted octanol–water partition coefficient (Wildman–Crippen LogP) is 16.0. The second-order valence-electron chi connectivity index (χ2n) is 16.9. The van der Waals surface area contributed by atoms with Crippen molar-refractivity contribution in [3.05, 3.63) is 193 Å². The molecule has 292 valence electrons. The Hall–Kier alpha value is -7.36. The van der Waals surface area contributed by atoms with Crippen LogP contribution in [-0.4, -0.2) is 9.13 Å². The molecule has 10 aromatic carbocycles. The van der Waals surface area contributed by atoms with E-state index in [-0.39, 0.29) is 5.92 Å². The Morgan fingerprint density at radius 1 is 0.459 bits per heavy atom. The third-order valence-electron chi connectivity index (χ3n) is 13.5. The number of benzene rings is 10. The number of hydrogen-bond donors (Lipinski definition) is 0. The standard InChI is InChI=1S/C58H44N2O/c1-36(42-29-27-40-18-8-10-20-44(40)58(42)61-57-37(2)25-26-39-17-7-9-19-43(39)57)33-34-60-52-35-41(38-15-5-4-6-16-38)28-30-50(52)53-47-23-12-11-21-45(47)48-31-32-49-46-22-13-14-24-51(46)59(3)55(49)54(48)56(53)60/h4-32,35-36H,33-34H2,1-3H3. The number of fused-ring (bicyclic) bond motifs is 14. The summed E-state index contributed by atoms with van der Waals surface area (Å²) in [6, 6.07) is 66.7. The molecule has 0 fully saturated rings. The quantitative estimate of drug-likeness (QED) is 0.147. The van der Waals surface area contributed by atoms with Gasteiger partial charge in [0, 0.05) is 62.3 Å². The summed E-state index contributed by atoms with van der Waals surface area (Å²) >= 11 is 0. The Kier molecular flexibility index (Phi) is 8.08. The van der Waals surface area contributed by atoms with Crippen LogP contribution in [0.2, 0.25) is 0 Å². The van der Waals surface area contributed by atoms with Gasteiger partial charge in [0.15, 0.2) is 0 Å². The Labute approximate surface area is 354 Å². The van der Waals surface area contributed by atoms with Gasteiger partial charge in [0.05, 0.1) is 11.0 Å². The van der Waals surface area contributed by atoms with Gasteiger partial charge in [-0.3, -0.25) is 0 Å². The van der Waals surface area contributed by atoms with Gasteiger partial charge in [-0.1, -0.05) is 177 Å². The van der Waals surface area contributed by atoms with Crippen LogP contribution in [-0.2, 0) is 13.6 Å².